The predicted octanol–water partition coefficient (Wildman–Crippen LogP) is 1.60. The lowest BCUT2D eigenvalue weighted by Gasteiger charge is -2.21. The van der Waals surface area contributed by atoms with E-state index in [1.54, 1.807) is 4.90 Å². The summed E-state index contributed by atoms with van der Waals surface area (Å²) in [7, 11) is 1.32. The molecular formula is C14H17NO3. The molecule has 0 spiro atoms. The van der Waals surface area contributed by atoms with E-state index in [-0.39, 0.29) is 11.9 Å². The quantitative estimate of drug-likeness (QED) is 0.602. The van der Waals surface area contributed by atoms with Crippen molar-refractivity contribution in [2.75, 3.05) is 7.11 Å². The molecule has 0 bridgehead atoms. The number of carbonyl (C=O) groups excluding carboxylic acids is 2. The molecule has 2 rings (SSSR count). The number of benzene rings is 1. The molecule has 1 aliphatic rings. The second-order valence-corrected chi connectivity index (χ2v) is 4.61. The number of esters is 1. The number of rotatable bonds is 3. The van der Waals surface area contributed by atoms with Crippen LogP contribution in [0.15, 0.2) is 30.3 Å². The van der Waals surface area contributed by atoms with E-state index in [9.17, 15) is 9.59 Å². The van der Waals surface area contributed by atoms with Crippen molar-refractivity contribution in [3.63, 3.8) is 0 Å². The minimum atomic E-state index is -0.631. The average molecular weight is 247 g/mol. The summed E-state index contributed by atoms with van der Waals surface area (Å²) in [6, 6.07) is 9.85. The van der Waals surface area contributed by atoms with Crippen LogP contribution in [0.4, 0.5) is 0 Å². The summed E-state index contributed by atoms with van der Waals surface area (Å²) < 4.78 is 4.66. The fourth-order valence-electron chi connectivity index (χ4n) is 2.34. The summed E-state index contributed by atoms with van der Waals surface area (Å²) in [5, 5.41) is 0. The van der Waals surface area contributed by atoms with Gasteiger partial charge in [-0.15, -0.1) is 0 Å². The van der Waals surface area contributed by atoms with Gasteiger partial charge in [0.25, 0.3) is 0 Å². The van der Waals surface area contributed by atoms with Gasteiger partial charge < -0.3 is 9.64 Å². The Morgan fingerprint density at radius 2 is 2.06 bits per heavy atom. The molecule has 1 aliphatic heterocycles. The largest absolute Gasteiger partial charge is 0.468 e. The van der Waals surface area contributed by atoms with Crippen LogP contribution in [-0.2, 0) is 20.9 Å². The molecule has 4 heteroatoms. The summed E-state index contributed by atoms with van der Waals surface area (Å²) >= 11 is 0. The molecule has 4 nitrogen and oxygen atoms in total. The Hall–Kier alpha value is -1.84. The molecule has 1 saturated heterocycles. The highest BCUT2D eigenvalue weighted by atomic mass is 16.5. The molecule has 1 aromatic rings. The van der Waals surface area contributed by atoms with Crippen molar-refractivity contribution in [1.82, 2.24) is 4.90 Å². The van der Waals surface area contributed by atoms with Gasteiger partial charge in [0.15, 0.2) is 0 Å². The van der Waals surface area contributed by atoms with Crippen molar-refractivity contribution in [2.45, 2.75) is 25.9 Å². The second kappa shape index (κ2) is 5.21. The zero-order valence-corrected chi connectivity index (χ0v) is 10.6. The third-order valence-electron chi connectivity index (χ3n) is 3.37. The van der Waals surface area contributed by atoms with Crippen LogP contribution in [0.25, 0.3) is 0 Å². The summed E-state index contributed by atoms with van der Waals surface area (Å²) in [6.07, 6.45) is 0.540. The lowest BCUT2D eigenvalue weighted by atomic mass is 10.1. The summed E-state index contributed by atoms with van der Waals surface area (Å²) in [5.41, 5.74) is 1.07. The van der Waals surface area contributed by atoms with Crippen molar-refractivity contribution in [3.8, 4) is 0 Å². The smallest absolute Gasteiger partial charge is 0.318 e. The lowest BCUT2D eigenvalue weighted by Crippen LogP contribution is -2.33. The second-order valence-electron chi connectivity index (χ2n) is 4.61. The molecule has 18 heavy (non-hydrogen) atoms. The van der Waals surface area contributed by atoms with Crippen LogP contribution < -0.4 is 0 Å². The zero-order chi connectivity index (χ0) is 13.1. The first-order valence-corrected chi connectivity index (χ1v) is 6.05. The summed E-state index contributed by atoms with van der Waals surface area (Å²) in [5.74, 6) is -1.19. The van der Waals surface area contributed by atoms with E-state index in [4.69, 9.17) is 0 Å². The van der Waals surface area contributed by atoms with E-state index in [1.807, 2.05) is 37.3 Å². The van der Waals surface area contributed by atoms with Crippen molar-refractivity contribution >= 4 is 11.9 Å². The third kappa shape index (κ3) is 2.37. The highest BCUT2D eigenvalue weighted by Crippen LogP contribution is 2.27. The number of nitrogens with zero attached hydrogens (tertiary/aromatic N) is 1. The Bertz CT molecular complexity index is 444. The molecule has 1 amide bonds. The van der Waals surface area contributed by atoms with Crippen molar-refractivity contribution in [2.24, 2.45) is 5.92 Å². The molecule has 0 aromatic heterocycles. The molecule has 0 unspecified atom stereocenters. The Labute approximate surface area is 107 Å². The average Bonchev–Trinajstić information content (AvgIpc) is 2.67. The maximum atomic E-state index is 12.1. The number of hydrogen-bond acceptors (Lipinski definition) is 3. The number of carbonyl (C=O) groups is 2. The van der Waals surface area contributed by atoms with Crippen molar-refractivity contribution < 1.29 is 14.3 Å². The van der Waals surface area contributed by atoms with E-state index in [0.29, 0.717) is 13.0 Å². The van der Waals surface area contributed by atoms with Gasteiger partial charge in [-0.25, -0.2) is 0 Å². The Balaban J connectivity index is 2.10. The maximum Gasteiger partial charge on any atom is 0.318 e. The molecular weight excluding hydrogens is 230 g/mol. The van der Waals surface area contributed by atoms with Gasteiger partial charge in [-0.2, -0.15) is 0 Å². The molecule has 96 valence electrons. The van der Waals surface area contributed by atoms with Gasteiger partial charge in [-0.05, 0) is 18.9 Å². The fraction of sp³-hybridized carbons (Fsp3) is 0.429. The highest BCUT2D eigenvalue weighted by Gasteiger charge is 2.41. The summed E-state index contributed by atoms with van der Waals surface area (Å²) in [6.45, 7) is 2.51. The summed E-state index contributed by atoms with van der Waals surface area (Å²) in [4.78, 5) is 25.4. The van der Waals surface area contributed by atoms with Crippen LogP contribution in [0.1, 0.15) is 18.9 Å². The van der Waals surface area contributed by atoms with Gasteiger partial charge in [0.2, 0.25) is 5.91 Å². The molecule has 1 heterocycles. The first kappa shape index (κ1) is 12.6. The van der Waals surface area contributed by atoms with Crippen LogP contribution >= 0.6 is 0 Å². The molecule has 0 saturated carbocycles. The topological polar surface area (TPSA) is 46.6 Å². The van der Waals surface area contributed by atoms with Crippen molar-refractivity contribution in [1.29, 1.82) is 0 Å². The van der Waals surface area contributed by atoms with E-state index in [0.717, 1.165) is 5.56 Å². The van der Waals surface area contributed by atoms with Gasteiger partial charge in [0, 0.05) is 12.6 Å². The van der Waals surface area contributed by atoms with E-state index >= 15 is 0 Å². The van der Waals surface area contributed by atoms with Crippen LogP contribution in [0.3, 0.4) is 0 Å². The van der Waals surface area contributed by atoms with Gasteiger partial charge >= 0.3 is 5.97 Å². The minimum absolute atomic E-state index is 0.0711. The third-order valence-corrected chi connectivity index (χ3v) is 3.37. The standard InChI is InChI=1S/C14H17NO3/c1-10-8-12(14(17)18-2)13(16)15(10)9-11-6-4-3-5-7-11/h3-7,10,12H,8-9H2,1-2H3/t10-,12+/m0/s1. The van der Waals surface area contributed by atoms with Gasteiger partial charge in [-0.1, -0.05) is 30.3 Å². The number of amides is 1. The molecule has 0 aliphatic carbocycles. The number of ether oxygens (including phenoxy) is 1. The van der Waals surface area contributed by atoms with Gasteiger partial charge in [-0.3, -0.25) is 9.59 Å². The van der Waals surface area contributed by atoms with Gasteiger partial charge in [0.05, 0.1) is 7.11 Å². The zero-order valence-electron chi connectivity index (χ0n) is 10.6. The predicted molar refractivity (Wildman–Crippen MR) is 66.6 cm³/mol. The Morgan fingerprint density at radius 3 is 2.67 bits per heavy atom. The molecule has 1 aromatic carbocycles. The van der Waals surface area contributed by atoms with Crippen LogP contribution in [-0.4, -0.2) is 29.9 Å². The SMILES string of the molecule is COC(=O)[C@@H]1C[C@H](C)N(Cc2ccccc2)C1=O. The van der Waals surface area contributed by atoms with Crippen LogP contribution in [0.2, 0.25) is 0 Å². The first-order chi connectivity index (χ1) is 8.63. The van der Waals surface area contributed by atoms with Gasteiger partial charge in [0.1, 0.15) is 5.92 Å². The maximum absolute atomic E-state index is 12.1. The number of methoxy groups -OCH3 is 1. The normalized spacial score (nSPS) is 23.2. The minimum Gasteiger partial charge on any atom is -0.468 e. The van der Waals surface area contributed by atoms with E-state index in [1.165, 1.54) is 7.11 Å². The molecule has 0 N–H and O–H groups in total. The molecule has 0 radical (unpaired) electrons. The Kier molecular flexibility index (Phi) is 3.65. The molecule has 1 fully saturated rings. The van der Waals surface area contributed by atoms with E-state index < -0.39 is 11.9 Å². The first-order valence-electron chi connectivity index (χ1n) is 6.05. The molecule has 2 atom stereocenters. The fourth-order valence-corrected chi connectivity index (χ4v) is 2.34. The van der Waals surface area contributed by atoms with Crippen LogP contribution in [0, 0.1) is 5.92 Å². The number of likely N-dealkylation sites (tertiary alicyclic amines) is 1. The lowest BCUT2D eigenvalue weighted by molar-refractivity contribution is -0.150. The van der Waals surface area contributed by atoms with Crippen LogP contribution in [0.5, 0.6) is 0 Å². The Morgan fingerprint density at radius 1 is 1.39 bits per heavy atom. The van der Waals surface area contributed by atoms with Crippen molar-refractivity contribution in [3.05, 3.63) is 35.9 Å². The van der Waals surface area contributed by atoms with E-state index in [2.05, 4.69) is 4.74 Å². The monoisotopic (exact) mass is 247 g/mol. The number of hydrogen-bond donors (Lipinski definition) is 0. The highest BCUT2D eigenvalue weighted by molar-refractivity contribution is 5.99.